The first-order valence-electron chi connectivity index (χ1n) is 9.08. The average Bonchev–Trinajstić information content (AvgIpc) is 3.18. The van der Waals surface area contributed by atoms with Crippen molar-refractivity contribution >= 4 is 29.2 Å². The van der Waals surface area contributed by atoms with Gasteiger partial charge in [0.15, 0.2) is 12.4 Å². The van der Waals surface area contributed by atoms with E-state index in [1.807, 2.05) is 6.92 Å². The van der Waals surface area contributed by atoms with E-state index in [4.69, 9.17) is 16.3 Å². The number of pyridine rings is 1. The van der Waals surface area contributed by atoms with E-state index in [-0.39, 0.29) is 22.0 Å². The van der Waals surface area contributed by atoms with Gasteiger partial charge in [0.05, 0.1) is 16.9 Å². The second-order valence-corrected chi connectivity index (χ2v) is 6.51. The first kappa shape index (κ1) is 22.2. The third-order valence-corrected chi connectivity index (χ3v) is 4.35. The van der Waals surface area contributed by atoms with E-state index in [1.54, 1.807) is 24.4 Å². The Morgan fingerprint density at radius 2 is 2.06 bits per heavy atom. The number of carbonyl (C=O) groups excluding carboxylic acids is 2. The second kappa shape index (κ2) is 9.98. The molecule has 0 bridgehead atoms. The summed E-state index contributed by atoms with van der Waals surface area (Å²) in [4.78, 5) is 28.7. The molecule has 1 aromatic carbocycles. The summed E-state index contributed by atoms with van der Waals surface area (Å²) in [5.74, 6) is -1.03. The number of alkyl halides is 2. The van der Waals surface area contributed by atoms with Gasteiger partial charge in [-0.05, 0) is 36.8 Å². The quantitative estimate of drug-likeness (QED) is 0.523. The van der Waals surface area contributed by atoms with Crippen LogP contribution in [0.25, 0.3) is 5.82 Å². The van der Waals surface area contributed by atoms with Crippen molar-refractivity contribution < 1.29 is 27.8 Å². The monoisotopic (exact) mass is 450 g/mol. The molecular formula is C20H17ClF2N4O4. The summed E-state index contributed by atoms with van der Waals surface area (Å²) in [7, 11) is 0. The normalized spacial score (nSPS) is 10.7. The Bertz CT molecular complexity index is 1080. The fraction of sp³-hybridized carbons (Fsp3) is 0.200. The molecule has 8 nitrogen and oxygen atoms in total. The first-order chi connectivity index (χ1) is 14.9. The van der Waals surface area contributed by atoms with Crippen molar-refractivity contribution in [3.63, 3.8) is 0 Å². The molecule has 0 saturated carbocycles. The number of ether oxygens (including phenoxy) is 2. The van der Waals surface area contributed by atoms with Crippen LogP contribution in [0.4, 0.5) is 14.5 Å². The van der Waals surface area contributed by atoms with Gasteiger partial charge in [0.25, 0.3) is 5.91 Å². The number of carbonyl (C=O) groups is 2. The summed E-state index contributed by atoms with van der Waals surface area (Å²) in [6, 6.07) is 9.07. The fourth-order valence-corrected chi connectivity index (χ4v) is 2.96. The van der Waals surface area contributed by atoms with Gasteiger partial charge in [-0.2, -0.15) is 13.9 Å². The van der Waals surface area contributed by atoms with Crippen LogP contribution < -0.4 is 10.1 Å². The standard InChI is InChI=1S/C20H17ClF2N4O4/c1-2-15-13(10-25-27(15)17-5-3-4-8-24-17)19(29)30-11-18(28)26-12-6-7-16(14(21)9-12)31-20(22)23/h3-10,20H,2,11H2,1H3,(H,26,28). The maximum Gasteiger partial charge on any atom is 0.387 e. The van der Waals surface area contributed by atoms with Gasteiger partial charge in [0.1, 0.15) is 11.3 Å². The van der Waals surface area contributed by atoms with Crippen LogP contribution in [-0.2, 0) is 16.0 Å². The minimum Gasteiger partial charge on any atom is -0.452 e. The lowest BCUT2D eigenvalue weighted by molar-refractivity contribution is -0.119. The lowest BCUT2D eigenvalue weighted by Gasteiger charge is -2.10. The molecule has 0 aliphatic heterocycles. The zero-order chi connectivity index (χ0) is 22.4. The maximum atomic E-state index is 12.4. The molecule has 0 atom stereocenters. The van der Waals surface area contributed by atoms with Crippen molar-refractivity contribution in [1.29, 1.82) is 0 Å². The molecule has 0 aliphatic carbocycles. The maximum absolute atomic E-state index is 12.4. The smallest absolute Gasteiger partial charge is 0.387 e. The number of benzene rings is 1. The lowest BCUT2D eigenvalue weighted by Crippen LogP contribution is -2.21. The van der Waals surface area contributed by atoms with E-state index in [9.17, 15) is 18.4 Å². The fourth-order valence-electron chi connectivity index (χ4n) is 2.74. The van der Waals surface area contributed by atoms with Gasteiger partial charge < -0.3 is 14.8 Å². The molecule has 2 aromatic heterocycles. The molecule has 0 aliphatic rings. The molecule has 31 heavy (non-hydrogen) atoms. The molecule has 1 amide bonds. The predicted octanol–water partition coefficient (Wildman–Crippen LogP) is 3.88. The van der Waals surface area contributed by atoms with Crippen molar-refractivity contribution in [1.82, 2.24) is 14.8 Å². The Morgan fingerprint density at radius 3 is 2.71 bits per heavy atom. The molecule has 0 saturated heterocycles. The highest BCUT2D eigenvalue weighted by molar-refractivity contribution is 6.32. The Balaban J connectivity index is 1.61. The number of nitrogens with zero attached hydrogens (tertiary/aromatic N) is 3. The van der Waals surface area contributed by atoms with Crippen LogP contribution in [0.2, 0.25) is 5.02 Å². The van der Waals surface area contributed by atoms with Crippen LogP contribution >= 0.6 is 11.6 Å². The summed E-state index contributed by atoms with van der Waals surface area (Å²) in [6.45, 7) is -1.73. The first-order valence-corrected chi connectivity index (χ1v) is 9.46. The zero-order valence-corrected chi connectivity index (χ0v) is 17.0. The van der Waals surface area contributed by atoms with Crippen molar-refractivity contribution in [3.8, 4) is 11.6 Å². The number of halogens is 3. The minimum absolute atomic E-state index is 0.107. The van der Waals surface area contributed by atoms with Gasteiger partial charge >= 0.3 is 12.6 Å². The Hall–Kier alpha value is -3.53. The van der Waals surface area contributed by atoms with Crippen molar-refractivity contribution in [2.75, 3.05) is 11.9 Å². The molecule has 1 N–H and O–H groups in total. The van der Waals surface area contributed by atoms with Crippen LogP contribution in [0.1, 0.15) is 23.0 Å². The Morgan fingerprint density at radius 1 is 1.26 bits per heavy atom. The highest BCUT2D eigenvalue weighted by Gasteiger charge is 2.20. The second-order valence-electron chi connectivity index (χ2n) is 6.11. The zero-order valence-electron chi connectivity index (χ0n) is 16.2. The minimum atomic E-state index is -3.02. The van der Waals surface area contributed by atoms with Crippen molar-refractivity contribution in [3.05, 3.63) is 65.1 Å². The van der Waals surface area contributed by atoms with Gasteiger partial charge in [-0.3, -0.25) is 4.79 Å². The highest BCUT2D eigenvalue weighted by Crippen LogP contribution is 2.28. The number of hydrogen-bond donors (Lipinski definition) is 1. The number of hydrogen-bond acceptors (Lipinski definition) is 6. The summed E-state index contributed by atoms with van der Waals surface area (Å²) < 4.78 is 35.4. The summed E-state index contributed by atoms with van der Waals surface area (Å²) in [5, 5.41) is 6.53. The number of aromatic nitrogens is 3. The summed E-state index contributed by atoms with van der Waals surface area (Å²) in [6.07, 6.45) is 3.45. The van der Waals surface area contributed by atoms with Crippen LogP contribution in [0.5, 0.6) is 5.75 Å². The van der Waals surface area contributed by atoms with E-state index < -0.39 is 25.1 Å². The van der Waals surface area contributed by atoms with Crippen LogP contribution in [-0.4, -0.2) is 39.9 Å². The molecule has 0 fully saturated rings. The molecule has 3 rings (SSSR count). The third kappa shape index (κ3) is 5.54. The van der Waals surface area contributed by atoms with Gasteiger partial charge in [0.2, 0.25) is 0 Å². The highest BCUT2D eigenvalue weighted by atomic mass is 35.5. The van der Waals surface area contributed by atoms with Crippen molar-refractivity contribution in [2.24, 2.45) is 0 Å². The molecule has 3 aromatic rings. The predicted molar refractivity (Wildman–Crippen MR) is 108 cm³/mol. The number of nitrogens with one attached hydrogen (secondary N) is 1. The molecule has 162 valence electrons. The van der Waals surface area contributed by atoms with Gasteiger partial charge in [0, 0.05) is 11.9 Å². The number of anilines is 1. The number of esters is 1. The van der Waals surface area contributed by atoms with Gasteiger partial charge in [-0.25, -0.2) is 14.5 Å². The lowest BCUT2D eigenvalue weighted by atomic mass is 10.2. The van der Waals surface area contributed by atoms with E-state index in [0.29, 0.717) is 17.9 Å². The molecule has 2 heterocycles. The van der Waals surface area contributed by atoms with Crippen molar-refractivity contribution in [2.45, 2.75) is 20.0 Å². The van der Waals surface area contributed by atoms with Gasteiger partial charge in [-0.15, -0.1) is 0 Å². The van der Waals surface area contributed by atoms with E-state index in [0.717, 1.165) is 0 Å². The van der Waals surface area contributed by atoms with E-state index in [2.05, 4.69) is 20.1 Å². The SMILES string of the molecule is CCc1c(C(=O)OCC(=O)Nc2ccc(OC(F)F)c(Cl)c2)cnn1-c1ccccn1. The molecular weight excluding hydrogens is 434 g/mol. The summed E-state index contributed by atoms with van der Waals surface area (Å²) in [5.41, 5.74) is 1.04. The topological polar surface area (TPSA) is 95.3 Å². The van der Waals surface area contributed by atoms with Crippen LogP contribution in [0, 0.1) is 0 Å². The number of amides is 1. The summed E-state index contributed by atoms with van der Waals surface area (Å²) >= 11 is 5.84. The molecule has 11 heteroatoms. The average molecular weight is 451 g/mol. The largest absolute Gasteiger partial charge is 0.452 e. The molecule has 0 spiro atoms. The molecule has 0 unspecified atom stereocenters. The van der Waals surface area contributed by atoms with E-state index in [1.165, 1.54) is 29.1 Å². The third-order valence-electron chi connectivity index (χ3n) is 4.06. The van der Waals surface area contributed by atoms with Crippen LogP contribution in [0.15, 0.2) is 48.8 Å². The number of rotatable bonds is 8. The Kier molecular flexibility index (Phi) is 7.14. The molecule has 0 radical (unpaired) electrons. The van der Waals surface area contributed by atoms with Crippen LogP contribution in [0.3, 0.4) is 0 Å². The van der Waals surface area contributed by atoms with E-state index >= 15 is 0 Å². The Labute approximate surface area is 180 Å². The van der Waals surface area contributed by atoms with Gasteiger partial charge in [-0.1, -0.05) is 24.6 Å².